The highest BCUT2D eigenvalue weighted by Gasteiger charge is 2.16. The van der Waals surface area contributed by atoms with E-state index >= 15 is 0 Å². The van der Waals surface area contributed by atoms with Gasteiger partial charge in [0.15, 0.2) is 11.2 Å². The largest absolute Gasteiger partial charge is 0.332 e. The molecule has 0 amide bonds. The Hall–Kier alpha value is -1.89. The van der Waals surface area contributed by atoms with Gasteiger partial charge in [-0.15, -0.1) is 0 Å². The number of hydrogen-bond donors (Lipinski definition) is 0. The number of hydrogen-bond acceptors (Lipinski definition) is 4. The Morgan fingerprint density at radius 3 is 2.12 bits per heavy atom. The van der Waals surface area contributed by atoms with Gasteiger partial charge < -0.3 is 9.47 Å². The maximum atomic E-state index is 12.7. The van der Waals surface area contributed by atoms with Gasteiger partial charge in [-0.1, -0.05) is 13.8 Å². The first-order valence-corrected chi connectivity index (χ1v) is 8.99. The molecule has 0 aromatic carbocycles. The standard InChI is InChI=1S/C17H29N5O2/c1-5-9-19(10-6-2)11-12-20-13-18-15-14(20)16(23)22(8-4)17(24)21(15)7-3/h13H,5-12H2,1-4H3. The molecule has 7 nitrogen and oxygen atoms in total. The van der Waals surface area contributed by atoms with Crippen molar-refractivity contribution in [2.45, 2.75) is 60.2 Å². The molecular weight excluding hydrogens is 306 g/mol. The van der Waals surface area contributed by atoms with Gasteiger partial charge in [0, 0.05) is 26.2 Å². The summed E-state index contributed by atoms with van der Waals surface area (Å²) in [5, 5.41) is 0. The molecule has 0 unspecified atom stereocenters. The smallest absolute Gasteiger partial charge is 0.323 e. The van der Waals surface area contributed by atoms with Crippen LogP contribution < -0.4 is 11.2 Å². The van der Waals surface area contributed by atoms with E-state index in [-0.39, 0.29) is 11.2 Å². The zero-order valence-electron chi connectivity index (χ0n) is 15.3. The van der Waals surface area contributed by atoms with Gasteiger partial charge in [-0.05, 0) is 39.8 Å². The van der Waals surface area contributed by atoms with Gasteiger partial charge in [-0.3, -0.25) is 13.9 Å². The third kappa shape index (κ3) is 3.45. The van der Waals surface area contributed by atoms with Crippen LogP contribution in [-0.2, 0) is 19.6 Å². The van der Waals surface area contributed by atoms with Gasteiger partial charge in [-0.25, -0.2) is 9.78 Å². The molecule has 24 heavy (non-hydrogen) atoms. The average Bonchev–Trinajstić information content (AvgIpc) is 2.98. The molecule has 0 aliphatic rings. The van der Waals surface area contributed by atoms with Crippen molar-refractivity contribution in [1.82, 2.24) is 23.6 Å². The van der Waals surface area contributed by atoms with E-state index < -0.39 is 0 Å². The van der Waals surface area contributed by atoms with Crippen LogP contribution in [0.3, 0.4) is 0 Å². The molecule has 2 heterocycles. The van der Waals surface area contributed by atoms with Crippen LogP contribution in [0.5, 0.6) is 0 Å². The lowest BCUT2D eigenvalue weighted by molar-refractivity contribution is 0.264. The molecule has 0 aliphatic carbocycles. The fourth-order valence-electron chi connectivity index (χ4n) is 3.19. The lowest BCUT2D eigenvalue weighted by Gasteiger charge is -2.21. The number of imidazole rings is 1. The van der Waals surface area contributed by atoms with Crippen molar-refractivity contribution < 1.29 is 0 Å². The number of aromatic nitrogens is 4. The summed E-state index contributed by atoms with van der Waals surface area (Å²) in [6.45, 7) is 12.6. The van der Waals surface area contributed by atoms with Gasteiger partial charge in [0.25, 0.3) is 5.56 Å². The van der Waals surface area contributed by atoms with Crippen molar-refractivity contribution in [3.63, 3.8) is 0 Å². The summed E-state index contributed by atoms with van der Waals surface area (Å²) in [4.78, 5) is 31.8. The van der Waals surface area contributed by atoms with E-state index in [9.17, 15) is 9.59 Å². The second-order valence-electron chi connectivity index (χ2n) is 6.03. The molecule has 0 spiro atoms. The zero-order valence-corrected chi connectivity index (χ0v) is 15.3. The minimum absolute atomic E-state index is 0.239. The summed E-state index contributed by atoms with van der Waals surface area (Å²) in [5.74, 6) is 0. The van der Waals surface area contributed by atoms with E-state index in [0.29, 0.717) is 30.8 Å². The van der Waals surface area contributed by atoms with Crippen molar-refractivity contribution in [2.75, 3.05) is 19.6 Å². The molecule has 0 N–H and O–H groups in total. The molecule has 0 saturated carbocycles. The highest BCUT2D eigenvalue weighted by molar-refractivity contribution is 5.70. The van der Waals surface area contributed by atoms with Gasteiger partial charge in [0.1, 0.15) is 0 Å². The van der Waals surface area contributed by atoms with Gasteiger partial charge in [0.05, 0.1) is 6.33 Å². The van der Waals surface area contributed by atoms with Crippen LogP contribution in [0, 0.1) is 0 Å². The van der Waals surface area contributed by atoms with E-state index in [2.05, 4.69) is 23.7 Å². The quantitative estimate of drug-likeness (QED) is 0.697. The van der Waals surface area contributed by atoms with Crippen LogP contribution in [0.15, 0.2) is 15.9 Å². The van der Waals surface area contributed by atoms with E-state index in [4.69, 9.17) is 0 Å². The second kappa shape index (κ2) is 8.28. The molecule has 0 fully saturated rings. The van der Waals surface area contributed by atoms with E-state index in [1.54, 1.807) is 10.9 Å². The third-order valence-corrected chi connectivity index (χ3v) is 4.35. The van der Waals surface area contributed by atoms with Crippen LogP contribution in [0.2, 0.25) is 0 Å². The molecular formula is C17H29N5O2. The summed E-state index contributed by atoms with van der Waals surface area (Å²) < 4.78 is 4.76. The third-order valence-electron chi connectivity index (χ3n) is 4.35. The van der Waals surface area contributed by atoms with Crippen molar-refractivity contribution in [3.8, 4) is 0 Å². The number of fused-ring (bicyclic) bond motifs is 1. The first kappa shape index (κ1) is 18.4. The maximum absolute atomic E-state index is 12.7. The SMILES string of the molecule is CCCN(CCC)CCn1cnc2c1c(=O)n(CC)c(=O)n2CC. The summed E-state index contributed by atoms with van der Waals surface area (Å²) in [7, 11) is 0. The predicted molar refractivity (Wildman–Crippen MR) is 96.6 cm³/mol. The molecule has 2 aromatic rings. The fraction of sp³-hybridized carbons (Fsp3) is 0.706. The van der Waals surface area contributed by atoms with Crippen LogP contribution >= 0.6 is 0 Å². The van der Waals surface area contributed by atoms with Crippen molar-refractivity contribution in [2.24, 2.45) is 0 Å². The van der Waals surface area contributed by atoms with Gasteiger partial charge >= 0.3 is 5.69 Å². The van der Waals surface area contributed by atoms with Crippen LogP contribution in [-0.4, -0.2) is 43.2 Å². The molecule has 0 saturated heterocycles. The minimum Gasteiger partial charge on any atom is -0.323 e. The van der Waals surface area contributed by atoms with Gasteiger partial charge in [-0.2, -0.15) is 0 Å². The second-order valence-corrected chi connectivity index (χ2v) is 6.03. The predicted octanol–water partition coefficient (Wildman–Crippen LogP) is 1.52. The highest BCUT2D eigenvalue weighted by atomic mass is 16.2. The molecule has 7 heteroatoms. The Morgan fingerprint density at radius 1 is 0.958 bits per heavy atom. The molecule has 0 bridgehead atoms. The fourth-order valence-corrected chi connectivity index (χ4v) is 3.19. The maximum Gasteiger partial charge on any atom is 0.332 e. The topological polar surface area (TPSA) is 65.1 Å². The van der Waals surface area contributed by atoms with E-state index in [0.717, 1.165) is 32.5 Å². The summed E-state index contributed by atoms with van der Waals surface area (Å²) in [6.07, 6.45) is 3.92. The van der Waals surface area contributed by atoms with Crippen molar-refractivity contribution in [3.05, 3.63) is 27.2 Å². The number of nitrogens with zero attached hydrogens (tertiary/aromatic N) is 5. The Labute approximate surface area is 142 Å². The van der Waals surface area contributed by atoms with Crippen molar-refractivity contribution in [1.29, 1.82) is 0 Å². The Morgan fingerprint density at radius 2 is 1.58 bits per heavy atom. The van der Waals surface area contributed by atoms with Gasteiger partial charge in [0.2, 0.25) is 0 Å². The van der Waals surface area contributed by atoms with Crippen LogP contribution in [0.4, 0.5) is 0 Å². The molecule has 134 valence electrons. The Bertz CT molecular complexity index is 781. The normalized spacial score (nSPS) is 11.7. The molecule has 0 radical (unpaired) electrons. The molecule has 2 aromatic heterocycles. The molecule has 2 rings (SSSR count). The first-order valence-electron chi connectivity index (χ1n) is 8.99. The minimum atomic E-state index is -0.277. The average molecular weight is 335 g/mol. The Balaban J connectivity index is 2.42. The zero-order chi connectivity index (χ0) is 17.7. The number of rotatable bonds is 9. The summed E-state index contributed by atoms with van der Waals surface area (Å²) >= 11 is 0. The first-order chi connectivity index (χ1) is 11.6. The number of aryl methyl sites for hydroxylation is 1. The molecule has 0 atom stereocenters. The summed E-state index contributed by atoms with van der Waals surface area (Å²) in [5.41, 5.74) is 0.513. The molecule has 0 aliphatic heterocycles. The van der Waals surface area contributed by atoms with Crippen LogP contribution in [0.1, 0.15) is 40.5 Å². The Kier molecular flexibility index (Phi) is 6.36. The van der Waals surface area contributed by atoms with Crippen molar-refractivity contribution >= 4 is 11.2 Å². The lowest BCUT2D eigenvalue weighted by atomic mass is 10.3. The van der Waals surface area contributed by atoms with E-state index in [1.807, 2.05) is 18.4 Å². The monoisotopic (exact) mass is 335 g/mol. The van der Waals surface area contributed by atoms with E-state index in [1.165, 1.54) is 4.57 Å². The summed E-state index contributed by atoms with van der Waals surface area (Å²) in [6, 6.07) is 0. The van der Waals surface area contributed by atoms with Crippen LogP contribution in [0.25, 0.3) is 11.2 Å². The lowest BCUT2D eigenvalue weighted by Crippen LogP contribution is -2.40. The highest BCUT2D eigenvalue weighted by Crippen LogP contribution is 2.07.